The average molecular weight is 195 g/mol. The Kier molecular flexibility index (Phi) is 3.72. The van der Waals surface area contributed by atoms with Crippen LogP contribution in [-0.4, -0.2) is 23.7 Å². The van der Waals surface area contributed by atoms with E-state index in [-0.39, 0.29) is 5.82 Å². The highest BCUT2D eigenvalue weighted by molar-refractivity contribution is 5.51. The van der Waals surface area contributed by atoms with Gasteiger partial charge < -0.3 is 15.2 Å². The van der Waals surface area contributed by atoms with E-state index in [1.807, 2.05) is 0 Å². The van der Waals surface area contributed by atoms with Gasteiger partial charge in [0.2, 0.25) is 5.75 Å². The lowest BCUT2D eigenvalue weighted by molar-refractivity contribution is 0.287. The maximum absolute atomic E-state index is 5.56. The molecule has 1 heterocycles. The van der Waals surface area contributed by atoms with Gasteiger partial charge in [0.25, 0.3) is 5.88 Å². The largest absolute Gasteiger partial charge is 0.489 e. The number of nitrogens with zero attached hydrogens (tertiary/aromatic N) is 2. The highest BCUT2D eigenvalue weighted by Gasteiger charge is 2.09. The van der Waals surface area contributed by atoms with E-state index in [0.717, 1.165) is 6.42 Å². The molecule has 5 nitrogen and oxygen atoms in total. The van der Waals surface area contributed by atoms with Crippen LogP contribution in [0.4, 0.5) is 5.82 Å². The number of methoxy groups -OCH3 is 1. The summed E-state index contributed by atoms with van der Waals surface area (Å²) in [6.07, 6.45) is 3.84. The van der Waals surface area contributed by atoms with Crippen LogP contribution in [0.25, 0.3) is 0 Å². The Morgan fingerprint density at radius 1 is 1.57 bits per heavy atom. The third-order valence-electron chi connectivity index (χ3n) is 1.56. The number of hydrogen-bond donors (Lipinski definition) is 1. The summed E-state index contributed by atoms with van der Waals surface area (Å²) in [6.45, 7) is 4.08. The van der Waals surface area contributed by atoms with E-state index >= 15 is 0 Å². The molecule has 0 amide bonds. The van der Waals surface area contributed by atoms with Crippen molar-refractivity contribution in [3.63, 3.8) is 0 Å². The van der Waals surface area contributed by atoms with Crippen molar-refractivity contribution < 1.29 is 9.47 Å². The second kappa shape index (κ2) is 5.06. The van der Waals surface area contributed by atoms with Gasteiger partial charge in [0, 0.05) is 0 Å². The topological polar surface area (TPSA) is 70.3 Å². The number of nitrogens with two attached hydrogens (primary N) is 1. The van der Waals surface area contributed by atoms with Crippen LogP contribution in [0.5, 0.6) is 11.6 Å². The molecule has 1 rings (SSSR count). The van der Waals surface area contributed by atoms with Gasteiger partial charge >= 0.3 is 0 Å². The molecule has 0 fully saturated rings. The Morgan fingerprint density at radius 2 is 2.36 bits per heavy atom. The van der Waals surface area contributed by atoms with E-state index < -0.39 is 0 Å². The average Bonchev–Trinajstić information content (AvgIpc) is 2.18. The van der Waals surface area contributed by atoms with Crippen molar-refractivity contribution in [2.24, 2.45) is 0 Å². The number of rotatable bonds is 5. The first-order valence-corrected chi connectivity index (χ1v) is 4.17. The molecule has 2 N–H and O–H groups in total. The lowest BCUT2D eigenvalue weighted by atomic mass is 10.4. The zero-order chi connectivity index (χ0) is 10.4. The summed E-state index contributed by atoms with van der Waals surface area (Å²) < 4.78 is 10.3. The lowest BCUT2D eigenvalue weighted by Gasteiger charge is -2.08. The predicted molar refractivity (Wildman–Crippen MR) is 53.3 cm³/mol. The van der Waals surface area contributed by atoms with Crippen LogP contribution in [0.15, 0.2) is 19.0 Å². The molecule has 0 aliphatic heterocycles. The molecule has 0 saturated carbocycles. The van der Waals surface area contributed by atoms with Crippen molar-refractivity contribution >= 4 is 5.82 Å². The first-order chi connectivity index (χ1) is 6.79. The Hall–Kier alpha value is -1.78. The van der Waals surface area contributed by atoms with Crippen molar-refractivity contribution in [2.75, 3.05) is 19.5 Å². The number of ether oxygens (including phenoxy) is 2. The SMILES string of the molecule is C=CCCOc1ncnc(N)c1OC. The fourth-order valence-corrected chi connectivity index (χ4v) is 0.904. The monoisotopic (exact) mass is 195 g/mol. The number of nitrogen functional groups attached to an aromatic ring is 1. The van der Waals surface area contributed by atoms with Crippen LogP contribution >= 0.6 is 0 Å². The molecule has 0 aliphatic rings. The summed E-state index contributed by atoms with van der Waals surface area (Å²) in [5.74, 6) is 1.01. The molecule has 76 valence electrons. The second-order valence-corrected chi connectivity index (χ2v) is 2.52. The van der Waals surface area contributed by atoms with Crippen LogP contribution in [0.1, 0.15) is 6.42 Å². The van der Waals surface area contributed by atoms with E-state index in [1.54, 1.807) is 6.08 Å². The molecule has 0 atom stereocenters. The predicted octanol–water partition coefficient (Wildman–Crippen LogP) is 1.02. The molecule has 14 heavy (non-hydrogen) atoms. The summed E-state index contributed by atoms with van der Waals surface area (Å²) in [5, 5.41) is 0. The van der Waals surface area contributed by atoms with Gasteiger partial charge in [0.15, 0.2) is 5.82 Å². The molecule has 5 heteroatoms. The molecule has 0 radical (unpaired) electrons. The minimum absolute atomic E-state index is 0.274. The molecule has 0 aliphatic carbocycles. The van der Waals surface area contributed by atoms with Crippen molar-refractivity contribution in [3.8, 4) is 11.6 Å². The minimum atomic E-state index is 0.274. The minimum Gasteiger partial charge on any atom is -0.489 e. The molecule has 0 spiro atoms. The van der Waals surface area contributed by atoms with Crippen LogP contribution in [0.3, 0.4) is 0 Å². The van der Waals surface area contributed by atoms with Gasteiger partial charge in [-0.2, -0.15) is 4.98 Å². The third kappa shape index (κ3) is 2.35. The summed E-state index contributed by atoms with van der Waals surface area (Å²) in [4.78, 5) is 7.69. The normalized spacial score (nSPS) is 9.50. The molecule has 0 aromatic carbocycles. The van der Waals surface area contributed by atoms with Gasteiger partial charge in [-0.15, -0.1) is 6.58 Å². The Balaban J connectivity index is 2.74. The van der Waals surface area contributed by atoms with E-state index in [1.165, 1.54) is 13.4 Å². The maximum Gasteiger partial charge on any atom is 0.262 e. The summed E-state index contributed by atoms with van der Waals surface area (Å²) in [7, 11) is 1.50. The molecule has 1 aromatic rings. The maximum atomic E-state index is 5.56. The Labute approximate surface area is 82.6 Å². The van der Waals surface area contributed by atoms with Gasteiger partial charge in [0.05, 0.1) is 13.7 Å². The van der Waals surface area contributed by atoms with E-state index in [9.17, 15) is 0 Å². The van der Waals surface area contributed by atoms with Crippen LogP contribution in [0.2, 0.25) is 0 Å². The van der Waals surface area contributed by atoms with Crippen LogP contribution < -0.4 is 15.2 Å². The number of hydrogen-bond acceptors (Lipinski definition) is 5. The van der Waals surface area contributed by atoms with Crippen LogP contribution in [-0.2, 0) is 0 Å². The van der Waals surface area contributed by atoms with E-state index in [0.29, 0.717) is 18.2 Å². The zero-order valence-electron chi connectivity index (χ0n) is 8.06. The third-order valence-corrected chi connectivity index (χ3v) is 1.56. The summed E-state index contributed by atoms with van der Waals surface area (Å²) in [5.41, 5.74) is 5.56. The van der Waals surface area contributed by atoms with Crippen molar-refractivity contribution in [1.29, 1.82) is 0 Å². The van der Waals surface area contributed by atoms with Gasteiger partial charge in [-0.1, -0.05) is 6.08 Å². The Bertz CT molecular complexity index is 315. The summed E-state index contributed by atoms with van der Waals surface area (Å²) in [6, 6.07) is 0. The lowest BCUT2D eigenvalue weighted by Crippen LogP contribution is -2.03. The van der Waals surface area contributed by atoms with Crippen molar-refractivity contribution in [3.05, 3.63) is 19.0 Å². The van der Waals surface area contributed by atoms with Gasteiger partial charge in [-0.05, 0) is 6.42 Å². The van der Waals surface area contributed by atoms with Crippen LogP contribution in [0, 0.1) is 0 Å². The van der Waals surface area contributed by atoms with Gasteiger partial charge in [-0.25, -0.2) is 4.98 Å². The highest BCUT2D eigenvalue weighted by atomic mass is 16.5. The highest BCUT2D eigenvalue weighted by Crippen LogP contribution is 2.28. The molecular weight excluding hydrogens is 182 g/mol. The van der Waals surface area contributed by atoms with E-state index in [4.69, 9.17) is 15.2 Å². The first-order valence-electron chi connectivity index (χ1n) is 4.17. The van der Waals surface area contributed by atoms with E-state index in [2.05, 4.69) is 16.5 Å². The molecule has 0 unspecified atom stereocenters. The molecule has 1 aromatic heterocycles. The Morgan fingerprint density at radius 3 is 3.00 bits per heavy atom. The van der Waals surface area contributed by atoms with Gasteiger partial charge in [0.1, 0.15) is 6.33 Å². The standard InChI is InChI=1S/C9H13N3O2/c1-3-4-5-14-9-7(13-2)8(10)11-6-12-9/h3,6H,1,4-5H2,2H3,(H2,10,11,12). The smallest absolute Gasteiger partial charge is 0.262 e. The number of aromatic nitrogens is 2. The number of anilines is 1. The van der Waals surface area contributed by atoms with Gasteiger partial charge in [-0.3, -0.25) is 0 Å². The molecular formula is C9H13N3O2. The fraction of sp³-hybridized carbons (Fsp3) is 0.333. The first kappa shape index (κ1) is 10.3. The van der Waals surface area contributed by atoms with Crippen molar-refractivity contribution in [1.82, 2.24) is 9.97 Å². The fourth-order valence-electron chi connectivity index (χ4n) is 0.904. The zero-order valence-corrected chi connectivity index (χ0v) is 8.06. The van der Waals surface area contributed by atoms with Crippen molar-refractivity contribution in [2.45, 2.75) is 6.42 Å². The molecule has 0 saturated heterocycles. The second-order valence-electron chi connectivity index (χ2n) is 2.52. The molecule has 0 bridgehead atoms. The summed E-state index contributed by atoms with van der Waals surface area (Å²) >= 11 is 0. The quantitative estimate of drug-likeness (QED) is 0.561.